The van der Waals surface area contributed by atoms with E-state index in [9.17, 15) is 0 Å². The zero-order valence-corrected chi connectivity index (χ0v) is 12.4. The van der Waals surface area contributed by atoms with Gasteiger partial charge in [-0.05, 0) is 42.5 Å². The first-order valence-electron chi connectivity index (χ1n) is 6.57. The van der Waals surface area contributed by atoms with Gasteiger partial charge in [-0.3, -0.25) is 0 Å². The molecular formula is C14H26N2S. The maximum absolute atomic E-state index is 3.56. The van der Waals surface area contributed by atoms with Crippen molar-refractivity contribution in [2.24, 2.45) is 5.92 Å². The van der Waals surface area contributed by atoms with E-state index < -0.39 is 0 Å². The van der Waals surface area contributed by atoms with Crippen LogP contribution in [0.15, 0.2) is 18.5 Å². The summed E-state index contributed by atoms with van der Waals surface area (Å²) in [5.74, 6) is 1.88. The van der Waals surface area contributed by atoms with Crippen LogP contribution in [0, 0.1) is 5.92 Å². The summed E-state index contributed by atoms with van der Waals surface area (Å²) in [5.41, 5.74) is 1.42. The summed E-state index contributed by atoms with van der Waals surface area (Å²) in [4.78, 5) is 0. The molecule has 2 nitrogen and oxygen atoms in total. The Kier molecular flexibility index (Phi) is 6.75. The maximum Gasteiger partial charge on any atom is 0.0358 e. The first-order chi connectivity index (χ1) is 8.19. The first-order valence-corrected chi connectivity index (χ1v) is 7.96. The highest BCUT2D eigenvalue weighted by Crippen LogP contribution is 2.21. The van der Waals surface area contributed by atoms with Crippen LogP contribution >= 0.6 is 11.8 Å². The average Bonchev–Trinajstić information content (AvgIpc) is 2.74. The first kappa shape index (κ1) is 14.7. The fourth-order valence-corrected chi connectivity index (χ4v) is 2.55. The molecule has 1 N–H and O–H groups in total. The minimum absolute atomic E-state index is 0.488. The second kappa shape index (κ2) is 7.83. The number of thioether (sulfide) groups is 1. The highest BCUT2D eigenvalue weighted by Gasteiger charge is 2.15. The van der Waals surface area contributed by atoms with Crippen molar-refractivity contribution in [2.45, 2.75) is 39.8 Å². The Balaban J connectivity index is 2.58. The van der Waals surface area contributed by atoms with Crippen LogP contribution in [0.25, 0.3) is 0 Å². The molecule has 1 unspecified atom stereocenters. The molecule has 1 aromatic heterocycles. The average molecular weight is 254 g/mol. The van der Waals surface area contributed by atoms with E-state index in [1.165, 1.54) is 17.7 Å². The van der Waals surface area contributed by atoms with Gasteiger partial charge in [0.2, 0.25) is 0 Å². The van der Waals surface area contributed by atoms with Crippen molar-refractivity contribution in [1.82, 2.24) is 9.88 Å². The third kappa shape index (κ3) is 4.76. The molecule has 3 heteroatoms. The molecule has 17 heavy (non-hydrogen) atoms. The van der Waals surface area contributed by atoms with Crippen LogP contribution < -0.4 is 5.32 Å². The molecule has 98 valence electrons. The van der Waals surface area contributed by atoms with Crippen LogP contribution in [0.1, 0.15) is 38.8 Å². The van der Waals surface area contributed by atoms with E-state index >= 15 is 0 Å². The standard InChI is InChI=1S/C14H26N2S/c1-5-15-14(12(2)3)13-7-9-16(11-13)8-6-10-17-4/h7,9,11-12,14-15H,5-6,8,10H2,1-4H3. The summed E-state index contributed by atoms with van der Waals surface area (Å²) in [6, 6.07) is 2.74. The summed E-state index contributed by atoms with van der Waals surface area (Å²) in [6.07, 6.45) is 7.93. The molecule has 0 aliphatic rings. The lowest BCUT2D eigenvalue weighted by molar-refractivity contribution is 0.421. The van der Waals surface area contributed by atoms with E-state index in [-0.39, 0.29) is 0 Å². The smallest absolute Gasteiger partial charge is 0.0358 e. The molecule has 1 rings (SSSR count). The topological polar surface area (TPSA) is 17.0 Å². The van der Waals surface area contributed by atoms with Crippen LogP contribution in [0.3, 0.4) is 0 Å². The van der Waals surface area contributed by atoms with Gasteiger partial charge in [0.1, 0.15) is 0 Å². The van der Waals surface area contributed by atoms with Crippen LogP contribution in [0.5, 0.6) is 0 Å². The largest absolute Gasteiger partial charge is 0.354 e. The monoisotopic (exact) mass is 254 g/mol. The second-order valence-electron chi connectivity index (χ2n) is 4.81. The molecule has 0 spiro atoms. The van der Waals surface area contributed by atoms with Crippen molar-refractivity contribution in [3.8, 4) is 0 Å². The third-order valence-electron chi connectivity index (χ3n) is 2.99. The summed E-state index contributed by atoms with van der Waals surface area (Å²) >= 11 is 1.92. The van der Waals surface area contributed by atoms with Crippen molar-refractivity contribution < 1.29 is 0 Å². The quantitative estimate of drug-likeness (QED) is 0.715. The molecule has 0 aromatic carbocycles. The van der Waals surface area contributed by atoms with Crippen molar-refractivity contribution in [1.29, 1.82) is 0 Å². The highest BCUT2D eigenvalue weighted by molar-refractivity contribution is 7.98. The molecule has 1 aromatic rings. The minimum atomic E-state index is 0.488. The maximum atomic E-state index is 3.56. The summed E-state index contributed by atoms with van der Waals surface area (Å²) < 4.78 is 2.32. The van der Waals surface area contributed by atoms with Gasteiger partial charge >= 0.3 is 0 Å². The van der Waals surface area contributed by atoms with Crippen molar-refractivity contribution >= 4 is 11.8 Å². The fourth-order valence-electron chi connectivity index (χ4n) is 2.13. The van der Waals surface area contributed by atoms with Crippen LogP contribution in [-0.4, -0.2) is 23.1 Å². The van der Waals surface area contributed by atoms with Gasteiger partial charge in [0.15, 0.2) is 0 Å². The summed E-state index contributed by atoms with van der Waals surface area (Å²) in [7, 11) is 0. The number of aromatic nitrogens is 1. The Hall–Kier alpha value is -0.410. The Labute approximate surface area is 110 Å². The van der Waals surface area contributed by atoms with E-state index in [2.05, 4.69) is 55.4 Å². The zero-order valence-electron chi connectivity index (χ0n) is 11.6. The SMILES string of the molecule is CCNC(c1ccn(CCCSC)c1)C(C)C. The van der Waals surface area contributed by atoms with Crippen molar-refractivity contribution in [3.05, 3.63) is 24.0 Å². The Bertz CT molecular complexity index is 307. The van der Waals surface area contributed by atoms with E-state index in [4.69, 9.17) is 0 Å². The van der Waals surface area contributed by atoms with Gasteiger partial charge in [-0.25, -0.2) is 0 Å². The minimum Gasteiger partial charge on any atom is -0.354 e. The molecule has 0 aliphatic heterocycles. The van der Waals surface area contributed by atoms with Gasteiger partial charge in [-0.15, -0.1) is 0 Å². The third-order valence-corrected chi connectivity index (χ3v) is 3.68. The fraction of sp³-hybridized carbons (Fsp3) is 0.714. The molecule has 0 aliphatic carbocycles. The van der Waals surface area contributed by atoms with E-state index in [1.54, 1.807) is 0 Å². The molecule has 1 heterocycles. The van der Waals surface area contributed by atoms with Gasteiger partial charge in [0, 0.05) is 25.0 Å². The van der Waals surface area contributed by atoms with E-state index in [1.807, 2.05) is 11.8 Å². The molecule has 1 atom stereocenters. The van der Waals surface area contributed by atoms with Gasteiger partial charge in [0.05, 0.1) is 0 Å². The van der Waals surface area contributed by atoms with Gasteiger partial charge in [-0.2, -0.15) is 11.8 Å². The molecule has 0 saturated heterocycles. The lowest BCUT2D eigenvalue weighted by Crippen LogP contribution is -2.25. The normalized spacial score (nSPS) is 13.2. The number of nitrogens with one attached hydrogen (secondary N) is 1. The number of nitrogens with zero attached hydrogens (tertiary/aromatic N) is 1. The van der Waals surface area contributed by atoms with E-state index in [0.717, 1.165) is 13.1 Å². The molecule has 0 bridgehead atoms. The molecule has 0 fully saturated rings. The lowest BCUT2D eigenvalue weighted by atomic mass is 9.98. The van der Waals surface area contributed by atoms with Crippen LogP contribution in [-0.2, 0) is 6.54 Å². The highest BCUT2D eigenvalue weighted by atomic mass is 32.2. The number of rotatable bonds is 8. The number of hydrogen-bond donors (Lipinski definition) is 1. The lowest BCUT2D eigenvalue weighted by Gasteiger charge is -2.20. The summed E-state index contributed by atoms with van der Waals surface area (Å²) in [5, 5.41) is 3.56. The van der Waals surface area contributed by atoms with Crippen LogP contribution in [0.4, 0.5) is 0 Å². The predicted octanol–water partition coefficient (Wildman–Crippen LogP) is 3.55. The molecule has 0 amide bonds. The molecule has 0 radical (unpaired) electrons. The van der Waals surface area contributed by atoms with Gasteiger partial charge < -0.3 is 9.88 Å². The molecule has 0 saturated carbocycles. The Morgan fingerprint density at radius 2 is 2.18 bits per heavy atom. The van der Waals surface area contributed by atoms with Gasteiger partial charge in [-0.1, -0.05) is 20.8 Å². The van der Waals surface area contributed by atoms with Crippen molar-refractivity contribution in [2.75, 3.05) is 18.6 Å². The Morgan fingerprint density at radius 3 is 2.76 bits per heavy atom. The van der Waals surface area contributed by atoms with Crippen LogP contribution in [0.2, 0.25) is 0 Å². The number of aryl methyl sites for hydroxylation is 1. The van der Waals surface area contributed by atoms with E-state index in [0.29, 0.717) is 12.0 Å². The van der Waals surface area contributed by atoms with Crippen molar-refractivity contribution in [3.63, 3.8) is 0 Å². The zero-order chi connectivity index (χ0) is 12.7. The Morgan fingerprint density at radius 1 is 1.41 bits per heavy atom. The summed E-state index contributed by atoms with van der Waals surface area (Å²) in [6.45, 7) is 8.89. The number of hydrogen-bond acceptors (Lipinski definition) is 2. The second-order valence-corrected chi connectivity index (χ2v) is 5.79. The predicted molar refractivity (Wildman–Crippen MR) is 78.7 cm³/mol. The molecular weight excluding hydrogens is 228 g/mol. The van der Waals surface area contributed by atoms with Gasteiger partial charge in [0.25, 0.3) is 0 Å².